The van der Waals surface area contributed by atoms with E-state index in [1.165, 1.54) is 0 Å². The van der Waals surface area contributed by atoms with Gasteiger partial charge in [0.25, 0.3) is 0 Å². The monoisotopic (exact) mass is 271 g/mol. The first-order valence-corrected chi connectivity index (χ1v) is 7.48. The third kappa shape index (κ3) is 7.53. The molecule has 3 N–H and O–H groups in total. The molecule has 19 heavy (non-hydrogen) atoms. The quantitative estimate of drug-likeness (QED) is 0.637. The molecule has 4 heteroatoms. The van der Waals surface area contributed by atoms with Crippen molar-refractivity contribution in [2.75, 3.05) is 26.2 Å². The van der Waals surface area contributed by atoms with Crippen molar-refractivity contribution < 1.29 is 4.79 Å². The first-order valence-electron chi connectivity index (χ1n) is 7.48. The van der Waals surface area contributed by atoms with Crippen LogP contribution in [-0.2, 0) is 4.79 Å². The molecule has 1 atom stereocenters. The first kappa shape index (κ1) is 18.4. The van der Waals surface area contributed by atoms with Crippen LogP contribution in [0, 0.1) is 11.8 Å². The van der Waals surface area contributed by atoms with Crippen molar-refractivity contribution in [3.05, 3.63) is 0 Å². The van der Waals surface area contributed by atoms with E-state index in [1.807, 2.05) is 6.92 Å². The van der Waals surface area contributed by atoms with E-state index in [2.05, 4.69) is 44.8 Å². The molecule has 0 radical (unpaired) electrons. The van der Waals surface area contributed by atoms with Crippen molar-refractivity contribution in [1.82, 2.24) is 10.2 Å². The lowest BCUT2D eigenvalue weighted by atomic mass is 9.99. The fraction of sp³-hybridized carbons (Fsp3) is 0.933. The smallest absolute Gasteiger partial charge is 0.238 e. The van der Waals surface area contributed by atoms with Crippen LogP contribution in [-0.4, -0.2) is 42.5 Å². The van der Waals surface area contributed by atoms with Crippen LogP contribution >= 0.6 is 0 Å². The minimum atomic E-state index is -0.639. The van der Waals surface area contributed by atoms with Gasteiger partial charge in [0, 0.05) is 19.6 Å². The van der Waals surface area contributed by atoms with Crippen LogP contribution in [0.1, 0.15) is 48.0 Å². The van der Waals surface area contributed by atoms with E-state index in [-0.39, 0.29) is 5.91 Å². The van der Waals surface area contributed by atoms with Crippen molar-refractivity contribution in [2.24, 2.45) is 17.6 Å². The van der Waals surface area contributed by atoms with Gasteiger partial charge in [-0.1, -0.05) is 34.6 Å². The summed E-state index contributed by atoms with van der Waals surface area (Å²) in [5.41, 5.74) is 4.95. The summed E-state index contributed by atoms with van der Waals surface area (Å²) in [6.07, 6.45) is 0.997. The summed E-state index contributed by atoms with van der Waals surface area (Å²) in [6, 6.07) is 0. The topological polar surface area (TPSA) is 58.4 Å². The molecule has 0 rings (SSSR count). The third-order valence-electron chi connectivity index (χ3n) is 3.10. The molecule has 0 bridgehead atoms. The van der Waals surface area contributed by atoms with Crippen molar-refractivity contribution >= 4 is 5.91 Å². The van der Waals surface area contributed by atoms with E-state index >= 15 is 0 Å². The lowest BCUT2D eigenvalue weighted by Gasteiger charge is -2.35. The average Bonchev–Trinajstić information content (AvgIpc) is 2.24. The summed E-state index contributed by atoms with van der Waals surface area (Å²) in [5.74, 6) is 0.905. The van der Waals surface area contributed by atoms with E-state index in [9.17, 15) is 4.79 Å². The van der Waals surface area contributed by atoms with E-state index < -0.39 is 5.54 Å². The highest BCUT2D eigenvalue weighted by atomic mass is 16.1. The minimum absolute atomic E-state index is 0.265. The second-order valence-electron chi connectivity index (χ2n) is 6.60. The molecule has 0 heterocycles. The summed E-state index contributed by atoms with van der Waals surface area (Å²) >= 11 is 0. The zero-order chi connectivity index (χ0) is 15.1. The number of nitrogens with two attached hydrogens (primary N) is 1. The number of nitrogens with one attached hydrogen (secondary N) is 1. The SMILES string of the molecule is CCCNC(C)(CN(CC(C)C)CC(C)C)C(N)=O. The summed E-state index contributed by atoms with van der Waals surface area (Å²) in [4.78, 5) is 14.1. The molecule has 4 nitrogen and oxygen atoms in total. The summed E-state index contributed by atoms with van der Waals surface area (Å²) in [7, 11) is 0. The predicted molar refractivity (Wildman–Crippen MR) is 82.0 cm³/mol. The Hall–Kier alpha value is -0.610. The third-order valence-corrected chi connectivity index (χ3v) is 3.10. The fourth-order valence-electron chi connectivity index (χ4n) is 2.31. The fourth-order valence-corrected chi connectivity index (χ4v) is 2.31. The molecular weight excluding hydrogens is 238 g/mol. The molecule has 0 aliphatic carbocycles. The number of amides is 1. The molecule has 0 aromatic rings. The number of rotatable bonds is 10. The van der Waals surface area contributed by atoms with E-state index in [1.54, 1.807) is 0 Å². The molecule has 1 amide bonds. The van der Waals surface area contributed by atoms with Crippen LogP contribution < -0.4 is 11.1 Å². The van der Waals surface area contributed by atoms with Gasteiger partial charge < -0.3 is 16.0 Å². The zero-order valence-electron chi connectivity index (χ0n) is 13.6. The molecule has 0 aromatic heterocycles. The number of nitrogens with zero attached hydrogens (tertiary/aromatic N) is 1. The van der Waals surface area contributed by atoms with Crippen LogP contribution in [0.3, 0.4) is 0 Å². The van der Waals surface area contributed by atoms with Crippen LogP contribution in [0.2, 0.25) is 0 Å². The second-order valence-corrected chi connectivity index (χ2v) is 6.60. The number of hydrogen-bond acceptors (Lipinski definition) is 3. The summed E-state index contributed by atoms with van der Waals surface area (Å²) in [5, 5.41) is 3.31. The van der Waals surface area contributed by atoms with Crippen molar-refractivity contribution in [2.45, 2.75) is 53.5 Å². The Labute approximate surface area is 119 Å². The van der Waals surface area contributed by atoms with Crippen LogP contribution in [0.4, 0.5) is 0 Å². The Balaban J connectivity index is 4.76. The van der Waals surface area contributed by atoms with Crippen LogP contribution in [0.15, 0.2) is 0 Å². The van der Waals surface area contributed by atoms with Gasteiger partial charge in [-0.15, -0.1) is 0 Å². The molecular formula is C15H33N3O. The normalized spacial score (nSPS) is 15.2. The molecule has 0 aliphatic heterocycles. The van der Waals surface area contributed by atoms with Gasteiger partial charge >= 0.3 is 0 Å². The maximum absolute atomic E-state index is 11.8. The Bertz CT molecular complexity index is 256. The number of hydrogen-bond donors (Lipinski definition) is 2. The Morgan fingerprint density at radius 1 is 1.21 bits per heavy atom. The van der Waals surface area contributed by atoms with E-state index in [0.29, 0.717) is 18.4 Å². The van der Waals surface area contributed by atoms with Gasteiger partial charge in [0.2, 0.25) is 5.91 Å². The molecule has 1 unspecified atom stereocenters. The first-order chi connectivity index (χ1) is 8.71. The molecule has 0 saturated carbocycles. The van der Waals surface area contributed by atoms with Crippen LogP contribution in [0.25, 0.3) is 0 Å². The maximum Gasteiger partial charge on any atom is 0.238 e. The minimum Gasteiger partial charge on any atom is -0.368 e. The average molecular weight is 271 g/mol. The van der Waals surface area contributed by atoms with Crippen molar-refractivity contribution in [1.29, 1.82) is 0 Å². The van der Waals surface area contributed by atoms with E-state index in [4.69, 9.17) is 5.73 Å². The van der Waals surface area contributed by atoms with Gasteiger partial charge in [0.05, 0.1) is 0 Å². The van der Waals surface area contributed by atoms with E-state index in [0.717, 1.165) is 26.1 Å². The predicted octanol–water partition coefficient (Wildman–Crippen LogP) is 1.84. The lowest BCUT2D eigenvalue weighted by molar-refractivity contribution is -0.124. The molecule has 0 spiro atoms. The summed E-state index contributed by atoms with van der Waals surface area (Å²) in [6.45, 7) is 16.3. The van der Waals surface area contributed by atoms with Crippen molar-refractivity contribution in [3.63, 3.8) is 0 Å². The largest absolute Gasteiger partial charge is 0.368 e. The molecule has 0 aliphatic rings. The number of primary amides is 1. The van der Waals surface area contributed by atoms with Gasteiger partial charge in [0.1, 0.15) is 5.54 Å². The van der Waals surface area contributed by atoms with Gasteiger partial charge in [-0.2, -0.15) is 0 Å². The standard InChI is InChI=1S/C15H33N3O/c1-7-8-17-15(6,14(16)19)11-18(9-12(2)3)10-13(4)5/h12-13,17H,7-11H2,1-6H3,(H2,16,19). The van der Waals surface area contributed by atoms with Crippen LogP contribution in [0.5, 0.6) is 0 Å². The summed E-state index contributed by atoms with van der Waals surface area (Å²) < 4.78 is 0. The molecule has 0 saturated heterocycles. The lowest BCUT2D eigenvalue weighted by Crippen LogP contribution is -2.60. The van der Waals surface area contributed by atoms with Gasteiger partial charge in [-0.25, -0.2) is 0 Å². The Morgan fingerprint density at radius 2 is 1.68 bits per heavy atom. The number of carbonyl (C=O) groups is 1. The highest BCUT2D eigenvalue weighted by Crippen LogP contribution is 2.11. The second kappa shape index (κ2) is 8.54. The highest BCUT2D eigenvalue weighted by Gasteiger charge is 2.32. The maximum atomic E-state index is 11.8. The Morgan fingerprint density at radius 3 is 2.00 bits per heavy atom. The van der Waals surface area contributed by atoms with Crippen molar-refractivity contribution in [3.8, 4) is 0 Å². The molecule has 0 aromatic carbocycles. The van der Waals surface area contributed by atoms with Gasteiger partial charge in [-0.3, -0.25) is 4.79 Å². The Kier molecular flexibility index (Phi) is 8.26. The molecule has 0 fully saturated rings. The van der Waals surface area contributed by atoms with Gasteiger partial charge in [0.15, 0.2) is 0 Å². The number of carbonyl (C=O) groups excluding carboxylic acids is 1. The zero-order valence-corrected chi connectivity index (χ0v) is 13.6. The molecule has 114 valence electrons. The van der Waals surface area contributed by atoms with Gasteiger partial charge in [-0.05, 0) is 31.7 Å². The highest BCUT2D eigenvalue weighted by molar-refractivity contribution is 5.84.